The normalized spacial score (nSPS) is 29.0. The van der Waals surface area contributed by atoms with Crippen molar-refractivity contribution in [2.75, 3.05) is 32.9 Å². The lowest BCUT2D eigenvalue weighted by Gasteiger charge is -2.34. The van der Waals surface area contributed by atoms with E-state index >= 15 is 0 Å². The largest absolute Gasteiger partial charge is 0.381 e. The van der Waals surface area contributed by atoms with Crippen LogP contribution >= 0.6 is 0 Å². The molecule has 1 aliphatic carbocycles. The molecule has 1 heterocycles. The summed E-state index contributed by atoms with van der Waals surface area (Å²) in [7, 11) is 0. The Balaban J connectivity index is 1.68. The van der Waals surface area contributed by atoms with Gasteiger partial charge in [0.05, 0.1) is 18.1 Å². The molecular weight excluding hydrogens is 268 g/mol. The van der Waals surface area contributed by atoms with Crippen LogP contribution in [0.5, 0.6) is 0 Å². The predicted molar refractivity (Wildman–Crippen MR) is 81.9 cm³/mol. The van der Waals surface area contributed by atoms with E-state index in [1.54, 1.807) is 0 Å². The van der Waals surface area contributed by atoms with Crippen molar-refractivity contribution in [1.29, 1.82) is 0 Å². The Morgan fingerprint density at radius 2 is 2.05 bits per heavy atom. The maximum Gasteiger partial charge on any atom is 0.227 e. The fraction of sp³-hybridized carbons (Fsp3) is 0.938. The van der Waals surface area contributed by atoms with Gasteiger partial charge >= 0.3 is 0 Å². The first-order valence-electron chi connectivity index (χ1n) is 8.36. The maximum atomic E-state index is 12.4. The van der Waals surface area contributed by atoms with E-state index in [0.717, 1.165) is 19.3 Å². The average molecular weight is 298 g/mol. The van der Waals surface area contributed by atoms with Crippen LogP contribution in [0.1, 0.15) is 45.4 Å². The number of ether oxygens (including phenoxy) is 2. The molecule has 5 nitrogen and oxygen atoms in total. The topological polar surface area (TPSA) is 73.6 Å². The molecule has 2 atom stereocenters. The van der Waals surface area contributed by atoms with Crippen LogP contribution in [-0.4, -0.2) is 44.9 Å². The Labute approximate surface area is 127 Å². The standard InChI is InChI=1S/C16H30N2O3/c1-13-4-2-3-5-14(13)21-11-8-18-15(19)16(12-17)6-9-20-10-7-16/h13-14H,2-12,17H2,1H3,(H,18,19). The Hall–Kier alpha value is -0.650. The number of nitrogens with one attached hydrogen (secondary N) is 1. The minimum Gasteiger partial charge on any atom is -0.381 e. The summed E-state index contributed by atoms with van der Waals surface area (Å²) in [4.78, 5) is 12.4. The third-order valence-electron chi connectivity index (χ3n) is 5.07. The fourth-order valence-corrected chi connectivity index (χ4v) is 3.38. The van der Waals surface area contributed by atoms with Gasteiger partial charge in [0.15, 0.2) is 0 Å². The highest BCUT2D eigenvalue weighted by Gasteiger charge is 2.38. The smallest absolute Gasteiger partial charge is 0.227 e. The van der Waals surface area contributed by atoms with E-state index in [-0.39, 0.29) is 5.91 Å². The molecule has 2 rings (SSSR count). The van der Waals surface area contributed by atoms with Crippen LogP contribution in [0, 0.1) is 11.3 Å². The second-order valence-electron chi connectivity index (χ2n) is 6.52. The van der Waals surface area contributed by atoms with Crippen molar-refractivity contribution < 1.29 is 14.3 Å². The van der Waals surface area contributed by atoms with Gasteiger partial charge in [-0.05, 0) is 31.6 Å². The molecule has 21 heavy (non-hydrogen) atoms. The van der Waals surface area contributed by atoms with E-state index in [9.17, 15) is 4.79 Å². The van der Waals surface area contributed by atoms with Gasteiger partial charge in [0.1, 0.15) is 0 Å². The number of amides is 1. The zero-order valence-corrected chi connectivity index (χ0v) is 13.2. The van der Waals surface area contributed by atoms with Gasteiger partial charge in [-0.2, -0.15) is 0 Å². The molecule has 0 aromatic rings. The van der Waals surface area contributed by atoms with Gasteiger partial charge in [0.25, 0.3) is 0 Å². The van der Waals surface area contributed by atoms with Gasteiger partial charge in [-0.1, -0.05) is 19.8 Å². The zero-order valence-electron chi connectivity index (χ0n) is 13.2. The molecule has 5 heteroatoms. The fourth-order valence-electron chi connectivity index (χ4n) is 3.38. The van der Waals surface area contributed by atoms with Crippen molar-refractivity contribution >= 4 is 5.91 Å². The molecule has 2 unspecified atom stereocenters. The van der Waals surface area contributed by atoms with Crippen molar-refractivity contribution in [3.63, 3.8) is 0 Å². The monoisotopic (exact) mass is 298 g/mol. The highest BCUT2D eigenvalue weighted by Crippen LogP contribution is 2.29. The van der Waals surface area contributed by atoms with E-state index in [2.05, 4.69) is 12.2 Å². The predicted octanol–water partition coefficient (Wildman–Crippen LogP) is 1.45. The summed E-state index contributed by atoms with van der Waals surface area (Å²) in [5.74, 6) is 0.703. The molecule has 2 aliphatic rings. The summed E-state index contributed by atoms with van der Waals surface area (Å²) in [6, 6.07) is 0. The van der Waals surface area contributed by atoms with Crippen molar-refractivity contribution in [3.8, 4) is 0 Å². The maximum absolute atomic E-state index is 12.4. The van der Waals surface area contributed by atoms with Gasteiger partial charge in [-0.15, -0.1) is 0 Å². The molecule has 2 fully saturated rings. The lowest BCUT2D eigenvalue weighted by atomic mass is 9.79. The Kier molecular flexibility index (Phi) is 6.45. The number of hydrogen-bond acceptors (Lipinski definition) is 4. The lowest BCUT2D eigenvalue weighted by molar-refractivity contribution is -0.136. The minimum atomic E-state index is -0.434. The van der Waals surface area contributed by atoms with Gasteiger partial charge < -0.3 is 20.5 Å². The van der Waals surface area contributed by atoms with Crippen LogP contribution in [0.15, 0.2) is 0 Å². The molecule has 1 saturated carbocycles. The van der Waals surface area contributed by atoms with Gasteiger partial charge in [0.2, 0.25) is 5.91 Å². The summed E-state index contributed by atoms with van der Waals surface area (Å²) >= 11 is 0. The van der Waals surface area contributed by atoms with Crippen molar-refractivity contribution in [3.05, 3.63) is 0 Å². The minimum absolute atomic E-state index is 0.0635. The van der Waals surface area contributed by atoms with Crippen LogP contribution in [0.2, 0.25) is 0 Å². The lowest BCUT2D eigenvalue weighted by Crippen LogP contribution is -2.49. The van der Waals surface area contributed by atoms with E-state index in [4.69, 9.17) is 15.2 Å². The van der Waals surface area contributed by atoms with E-state index in [0.29, 0.717) is 44.9 Å². The Morgan fingerprint density at radius 1 is 1.33 bits per heavy atom. The summed E-state index contributed by atoms with van der Waals surface area (Å²) in [6.07, 6.45) is 6.79. The van der Waals surface area contributed by atoms with Crippen LogP contribution in [0.3, 0.4) is 0 Å². The molecule has 1 aliphatic heterocycles. The van der Waals surface area contributed by atoms with Crippen LogP contribution in [0.25, 0.3) is 0 Å². The molecule has 0 spiro atoms. The van der Waals surface area contributed by atoms with E-state index in [1.807, 2.05) is 0 Å². The van der Waals surface area contributed by atoms with Crippen molar-refractivity contribution in [2.24, 2.45) is 17.1 Å². The molecule has 1 saturated heterocycles. The molecule has 0 aromatic heterocycles. The number of carbonyl (C=O) groups excluding carboxylic acids is 1. The third kappa shape index (κ3) is 4.41. The summed E-state index contributed by atoms with van der Waals surface area (Å²) in [5, 5.41) is 3.00. The molecule has 3 N–H and O–H groups in total. The molecule has 0 bridgehead atoms. The Bertz CT molecular complexity index is 329. The molecule has 0 aromatic carbocycles. The van der Waals surface area contributed by atoms with Gasteiger partial charge in [0, 0.05) is 26.3 Å². The molecule has 0 radical (unpaired) electrons. The number of hydrogen-bond donors (Lipinski definition) is 2. The van der Waals surface area contributed by atoms with Gasteiger partial charge in [-0.3, -0.25) is 4.79 Å². The van der Waals surface area contributed by atoms with Gasteiger partial charge in [-0.25, -0.2) is 0 Å². The first kappa shape index (κ1) is 16.7. The first-order valence-corrected chi connectivity index (χ1v) is 8.36. The number of rotatable bonds is 6. The summed E-state index contributed by atoms with van der Waals surface area (Å²) < 4.78 is 11.3. The quantitative estimate of drug-likeness (QED) is 0.728. The first-order chi connectivity index (χ1) is 10.2. The van der Waals surface area contributed by atoms with Crippen LogP contribution in [-0.2, 0) is 14.3 Å². The SMILES string of the molecule is CC1CCCCC1OCCNC(=O)C1(CN)CCOCC1. The van der Waals surface area contributed by atoms with Crippen LogP contribution < -0.4 is 11.1 Å². The van der Waals surface area contributed by atoms with E-state index < -0.39 is 5.41 Å². The molecular formula is C16H30N2O3. The van der Waals surface area contributed by atoms with E-state index in [1.165, 1.54) is 19.3 Å². The second kappa shape index (κ2) is 8.11. The number of nitrogens with two attached hydrogens (primary N) is 1. The Morgan fingerprint density at radius 3 is 2.71 bits per heavy atom. The van der Waals surface area contributed by atoms with Crippen molar-refractivity contribution in [2.45, 2.75) is 51.6 Å². The summed E-state index contributed by atoms with van der Waals surface area (Å²) in [5.41, 5.74) is 5.40. The average Bonchev–Trinajstić information content (AvgIpc) is 2.53. The second-order valence-corrected chi connectivity index (χ2v) is 6.52. The van der Waals surface area contributed by atoms with Crippen molar-refractivity contribution in [1.82, 2.24) is 5.32 Å². The third-order valence-corrected chi connectivity index (χ3v) is 5.07. The molecule has 122 valence electrons. The van der Waals surface area contributed by atoms with Crippen LogP contribution in [0.4, 0.5) is 0 Å². The zero-order chi connectivity index (χ0) is 15.1. The highest BCUT2D eigenvalue weighted by atomic mass is 16.5. The summed E-state index contributed by atoms with van der Waals surface area (Å²) in [6.45, 7) is 5.07. The molecule has 1 amide bonds. The highest BCUT2D eigenvalue weighted by molar-refractivity contribution is 5.83. The number of carbonyl (C=O) groups is 1.